The molecule has 0 saturated carbocycles. The highest BCUT2D eigenvalue weighted by Crippen LogP contribution is 2.39. The Hall–Kier alpha value is -4.22. The summed E-state index contributed by atoms with van der Waals surface area (Å²) in [5, 5.41) is 11.1. The van der Waals surface area contributed by atoms with Crippen LogP contribution in [0.4, 0.5) is 4.39 Å². The normalized spacial score (nSPS) is 11.1. The molecule has 0 aliphatic heterocycles. The van der Waals surface area contributed by atoms with Gasteiger partial charge in [0.2, 0.25) is 0 Å². The molecule has 0 spiro atoms. The van der Waals surface area contributed by atoms with Crippen molar-refractivity contribution < 1.29 is 23.5 Å². The van der Waals surface area contributed by atoms with Gasteiger partial charge in [-0.05, 0) is 83.8 Å². The first-order chi connectivity index (χ1) is 17.8. The van der Waals surface area contributed by atoms with Crippen molar-refractivity contribution in [3.63, 3.8) is 0 Å². The molecular formula is C31H22ClFO4. The van der Waals surface area contributed by atoms with E-state index in [2.05, 4.69) is 0 Å². The summed E-state index contributed by atoms with van der Waals surface area (Å²) in [6, 6.07) is 21.8. The lowest BCUT2D eigenvalue weighted by atomic mass is 9.90. The van der Waals surface area contributed by atoms with Gasteiger partial charge in [0, 0.05) is 28.0 Å². The van der Waals surface area contributed by atoms with Gasteiger partial charge in [-0.15, -0.1) is 0 Å². The summed E-state index contributed by atoms with van der Waals surface area (Å²) in [5.41, 5.74) is 5.15. The van der Waals surface area contributed by atoms with Crippen molar-refractivity contribution >= 4 is 34.3 Å². The van der Waals surface area contributed by atoms with Crippen molar-refractivity contribution in [1.82, 2.24) is 0 Å². The van der Waals surface area contributed by atoms with Crippen LogP contribution >= 0.6 is 11.6 Å². The summed E-state index contributed by atoms with van der Waals surface area (Å²) >= 11 is 6.38. The number of fused-ring (bicyclic) bond motifs is 1. The number of hydrogen-bond donors (Lipinski definition) is 1. The highest BCUT2D eigenvalue weighted by molar-refractivity contribution is 6.33. The van der Waals surface area contributed by atoms with E-state index in [1.54, 1.807) is 49.4 Å². The summed E-state index contributed by atoms with van der Waals surface area (Å²) in [6.45, 7) is 3.68. The van der Waals surface area contributed by atoms with Crippen molar-refractivity contribution in [1.29, 1.82) is 0 Å². The fourth-order valence-corrected chi connectivity index (χ4v) is 4.86. The Balaban J connectivity index is 1.71. The smallest absolute Gasteiger partial charge is 0.336 e. The third-order valence-corrected chi connectivity index (χ3v) is 6.79. The van der Waals surface area contributed by atoms with E-state index < -0.39 is 5.97 Å². The number of furan rings is 1. The quantitative estimate of drug-likeness (QED) is 0.231. The Morgan fingerprint density at radius 2 is 1.59 bits per heavy atom. The molecule has 0 aliphatic carbocycles. The maximum absolute atomic E-state index is 13.5. The minimum absolute atomic E-state index is 0.104. The predicted molar refractivity (Wildman–Crippen MR) is 144 cm³/mol. The Bertz CT molecular complexity index is 1680. The van der Waals surface area contributed by atoms with Gasteiger partial charge in [-0.3, -0.25) is 4.79 Å². The van der Waals surface area contributed by atoms with Crippen LogP contribution in [0.25, 0.3) is 44.5 Å². The van der Waals surface area contributed by atoms with E-state index in [1.807, 2.05) is 31.2 Å². The number of aryl methyl sites for hydroxylation is 1. The zero-order valence-corrected chi connectivity index (χ0v) is 20.9. The second kappa shape index (κ2) is 9.68. The lowest BCUT2D eigenvalue weighted by Gasteiger charge is -2.14. The van der Waals surface area contributed by atoms with Crippen LogP contribution in [0.5, 0.6) is 0 Å². The van der Waals surface area contributed by atoms with E-state index >= 15 is 0 Å². The summed E-state index contributed by atoms with van der Waals surface area (Å²) in [4.78, 5) is 25.3. The van der Waals surface area contributed by atoms with Crippen LogP contribution in [0.3, 0.4) is 0 Å². The van der Waals surface area contributed by atoms with E-state index in [1.165, 1.54) is 12.1 Å². The molecule has 1 N–H and O–H groups in total. The highest BCUT2D eigenvalue weighted by atomic mass is 35.5. The average Bonchev–Trinajstić information content (AvgIpc) is 3.27. The second-order valence-corrected chi connectivity index (χ2v) is 9.21. The van der Waals surface area contributed by atoms with Crippen molar-refractivity contribution in [3.8, 4) is 33.6 Å². The Morgan fingerprint density at radius 1 is 0.892 bits per heavy atom. The number of carbonyl (C=O) groups is 2. The molecule has 0 unspecified atom stereocenters. The lowest BCUT2D eigenvalue weighted by molar-refractivity contribution is 0.0697. The summed E-state index contributed by atoms with van der Waals surface area (Å²) in [6.07, 6.45) is 0.266. The van der Waals surface area contributed by atoms with E-state index in [4.69, 9.17) is 16.0 Å². The number of carbonyl (C=O) groups excluding carboxylic acids is 1. The molecule has 5 rings (SSSR count). The van der Waals surface area contributed by atoms with E-state index in [0.29, 0.717) is 44.0 Å². The van der Waals surface area contributed by atoms with Gasteiger partial charge in [-0.2, -0.15) is 0 Å². The summed E-state index contributed by atoms with van der Waals surface area (Å²) in [7, 11) is 0. The molecule has 4 nitrogen and oxygen atoms in total. The van der Waals surface area contributed by atoms with Gasteiger partial charge in [-0.1, -0.05) is 42.8 Å². The Kier molecular flexibility index (Phi) is 6.40. The fourth-order valence-electron chi connectivity index (χ4n) is 4.62. The highest BCUT2D eigenvalue weighted by Gasteiger charge is 2.23. The molecule has 0 radical (unpaired) electrons. The van der Waals surface area contributed by atoms with Crippen LogP contribution in [-0.4, -0.2) is 16.9 Å². The molecule has 6 heteroatoms. The average molecular weight is 513 g/mol. The number of aromatic carboxylic acids is 1. The standard InChI is InChI=1S/C31H22ClFO4/c1-3-27(34)29-25-15-19(10-13-28(25)37-30(29)18-8-11-20(33)12-9-18)22-16-24(31(35)36)23(14-17(22)2)21-6-4-5-7-26(21)32/h4-16H,3H2,1-2H3,(H,35,36). The molecule has 1 heterocycles. The van der Waals surface area contributed by atoms with E-state index in [9.17, 15) is 19.1 Å². The summed E-state index contributed by atoms with van der Waals surface area (Å²) < 4.78 is 19.6. The molecule has 1 aromatic heterocycles. The van der Waals surface area contributed by atoms with Crippen LogP contribution in [-0.2, 0) is 0 Å². The molecule has 0 atom stereocenters. The van der Waals surface area contributed by atoms with Crippen LogP contribution in [0.2, 0.25) is 5.02 Å². The van der Waals surface area contributed by atoms with Gasteiger partial charge in [0.25, 0.3) is 0 Å². The molecule has 4 aromatic carbocycles. The van der Waals surface area contributed by atoms with Gasteiger partial charge in [-0.25, -0.2) is 9.18 Å². The monoisotopic (exact) mass is 512 g/mol. The number of carboxylic acids is 1. The number of Topliss-reactive ketones (excluding diaryl/α,β-unsaturated/α-hetero) is 1. The number of hydrogen-bond acceptors (Lipinski definition) is 3. The van der Waals surface area contributed by atoms with Crippen LogP contribution < -0.4 is 0 Å². The topological polar surface area (TPSA) is 67.5 Å². The molecule has 37 heavy (non-hydrogen) atoms. The Labute approximate surface area is 217 Å². The maximum atomic E-state index is 13.5. The molecule has 5 aromatic rings. The van der Waals surface area contributed by atoms with Crippen LogP contribution in [0.1, 0.15) is 39.6 Å². The molecule has 0 bridgehead atoms. The van der Waals surface area contributed by atoms with Crippen LogP contribution in [0, 0.1) is 12.7 Å². The second-order valence-electron chi connectivity index (χ2n) is 8.80. The first-order valence-corrected chi connectivity index (χ1v) is 12.1. The zero-order valence-electron chi connectivity index (χ0n) is 20.1. The fraction of sp³-hybridized carbons (Fsp3) is 0.0968. The first kappa shape index (κ1) is 24.5. The molecule has 0 aliphatic rings. The van der Waals surface area contributed by atoms with E-state index in [-0.39, 0.29) is 23.6 Å². The van der Waals surface area contributed by atoms with Gasteiger partial charge >= 0.3 is 5.97 Å². The molecular weight excluding hydrogens is 491 g/mol. The minimum Gasteiger partial charge on any atom is -0.478 e. The zero-order chi connectivity index (χ0) is 26.3. The molecule has 0 fully saturated rings. The number of rotatable bonds is 6. The van der Waals surface area contributed by atoms with Gasteiger partial charge < -0.3 is 9.52 Å². The predicted octanol–water partition coefficient (Wildman–Crippen LogP) is 8.83. The van der Waals surface area contributed by atoms with Crippen molar-refractivity contribution in [3.05, 3.63) is 106 Å². The largest absolute Gasteiger partial charge is 0.478 e. The van der Waals surface area contributed by atoms with Crippen molar-refractivity contribution in [2.45, 2.75) is 20.3 Å². The summed E-state index contributed by atoms with van der Waals surface area (Å²) in [5.74, 6) is -1.17. The molecule has 0 saturated heterocycles. The number of ketones is 1. The SMILES string of the molecule is CCC(=O)c1c(-c2ccc(F)cc2)oc2ccc(-c3cc(C(=O)O)c(-c4ccccc4Cl)cc3C)cc12. The van der Waals surface area contributed by atoms with Crippen LogP contribution in [0.15, 0.2) is 83.3 Å². The first-order valence-electron chi connectivity index (χ1n) is 11.8. The number of halogens is 2. The van der Waals surface area contributed by atoms with Crippen molar-refractivity contribution in [2.24, 2.45) is 0 Å². The molecule has 0 amide bonds. The maximum Gasteiger partial charge on any atom is 0.336 e. The third-order valence-electron chi connectivity index (χ3n) is 6.46. The van der Waals surface area contributed by atoms with E-state index in [0.717, 1.165) is 16.7 Å². The Morgan fingerprint density at radius 3 is 2.27 bits per heavy atom. The lowest BCUT2D eigenvalue weighted by Crippen LogP contribution is -2.02. The number of carboxylic acid groups (broad SMARTS) is 1. The molecule has 184 valence electrons. The van der Waals surface area contributed by atoms with Gasteiger partial charge in [0.1, 0.15) is 17.2 Å². The third kappa shape index (κ3) is 4.43. The van der Waals surface area contributed by atoms with Crippen molar-refractivity contribution in [2.75, 3.05) is 0 Å². The van der Waals surface area contributed by atoms with Gasteiger partial charge in [0.05, 0.1) is 11.1 Å². The minimum atomic E-state index is -1.07. The number of benzene rings is 4. The van der Waals surface area contributed by atoms with Gasteiger partial charge in [0.15, 0.2) is 5.78 Å².